The molecule has 1 aromatic heterocycles. The fraction of sp³-hybridized carbons (Fsp3) is 0.348. The molecule has 1 unspecified atom stereocenters. The Bertz CT molecular complexity index is 1170. The molecule has 33 heavy (non-hydrogen) atoms. The number of hydrogen-bond acceptors (Lipinski definition) is 7. The maximum atomic E-state index is 12.3. The van der Waals surface area contributed by atoms with Crippen molar-refractivity contribution in [3.05, 3.63) is 52.6 Å². The van der Waals surface area contributed by atoms with Crippen LogP contribution >= 0.6 is 11.8 Å². The van der Waals surface area contributed by atoms with Gasteiger partial charge in [0.1, 0.15) is 28.2 Å². The molecule has 1 saturated heterocycles. The van der Waals surface area contributed by atoms with E-state index < -0.39 is 17.3 Å². The third-order valence-electron chi connectivity index (χ3n) is 5.80. The molecule has 9 nitrogen and oxygen atoms in total. The Labute approximate surface area is 195 Å². The zero-order valence-corrected chi connectivity index (χ0v) is 18.5. The van der Waals surface area contributed by atoms with Gasteiger partial charge in [-0.3, -0.25) is 4.79 Å². The van der Waals surface area contributed by atoms with E-state index in [9.17, 15) is 20.1 Å². The van der Waals surface area contributed by atoms with Gasteiger partial charge in [0.05, 0.1) is 17.2 Å². The van der Waals surface area contributed by atoms with Gasteiger partial charge in [-0.1, -0.05) is 42.1 Å². The van der Waals surface area contributed by atoms with Gasteiger partial charge in [-0.25, -0.2) is 9.78 Å². The van der Waals surface area contributed by atoms with E-state index in [1.807, 2.05) is 23.1 Å². The Balaban J connectivity index is 1.79. The average Bonchev–Trinajstić information content (AvgIpc) is 3.54. The first-order valence-electron chi connectivity index (χ1n) is 10.6. The number of nitriles is 2. The summed E-state index contributed by atoms with van der Waals surface area (Å²) in [5.41, 5.74) is 7.73. The van der Waals surface area contributed by atoms with E-state index in [0.717, 1.165) is 24.6 Å². The second-order valence-electron chi connectivity index (χ2n) is 8.09. The van der Waals surface area contributed by atoms with Crippen LogP contribution in [-0.4, -0.2) is 41.2 Å². The summed E-state index contributed by atoms with van der Waals surface area (Å²) in [6.45, 7) is 0.886. The number of benzene rings is 1. The molecule has 1 aromatic carbocycles. The fourth-order valence-electron chi connectivity index (χ4n) is 4.16. The van der Waals surface area contributed by atoms with E-state index in [1.54, 1.807) is 12.1 Å². The van der Waals surface area contributed by atoms with Gasteiger partial charge in [0.25, 0.3) is 0 Å². The molecule has 4 rings (SSSR count). The highest BCUT2D eigenvalue weighted by Gasteiger charge is 2.36. The molecule has 0 bridgehead atoms. The number of carbonyl (C=O) groups is 2. The quantitative estimate of drug-likeness (QED) is 0.530. The zero-order valence-electron chi connectivity index (χ0n) is 17.7. The predicted octanol–water partition coefficient (Wildman–Crippen LogP) is 2.87. The normalized spacial score (nSPS) is 18.2. The maximum Gasteiger partial charge on any atom is 0.404 e. The second kappa shape index (κ2) is 9.39. The third-order valence-corrected chi connectivity index (χ3v) is 7.06. The number of nitrogens with two attached hydrogens (primary N) is 1. The molecule has 1 aliphatic carbocycles. The lowest BCUT2D eigenvalue weighted by atomic mass is 10.00. The molecule has 168 valence electrons. The van der Waals surface area contributed by atoms with E-state index >= 15 is 0 Å². The van der Waals surface area contributed by atoms with E-state index in [-0.39, 0.29) is 12.0 Å². The van der Waals surface area contributed by atoms with Crippen LogP contribution in [0.1, 0.15) is 52.7 Å². The molecule has 2 amide bonds. The maximum absolute atomic E-state index is 12.3. The highest BCUT2D eigenvalue weighted by molar-refractivity contribution is 8.00. The minimum atomic E-state index is -1.10. The summed E-state index contributed by atoms with van der Waals surface area (Å²) < 4.78 is 0. The molecule has 0 radical (unpaired) electrons. The number of rotatable bonds is 7. The van der Waals surface area contributed by atoms with Crippen molar-refractivity contribution in [3.8, 4) is 12.1 Å². The molecule has 10 heteroatoms. The molecule has 2 atom stereocenters. The van der Waals surface area contributed by atoms with Crippen molar-refractivity contribution in [2.45, 2.75) is 41.5 Å². The highest BCUT2D eigenvalue weighted by atomic mass is 32.2. The van der Waals surface area contributed by atoms with Crippen molar-refractivity contribution in [2.24, 2.45) is 5.73 Å². The zero-order chi connectivity index (χ0) is 23.5. The number of amides is 2. The molecule has 2 fully saturated rings. The number of primary amides is 1. The fourth-order valence-corrected chi connectivity index (χ4v) is 5.20. The molecule has 1 saturated carbocycles. The van der Waals surface area contributed by atoms with Gasteiger partial charge in [0, 0.05) is 13.1 Å². The Morgan fingerprint density at radius 2 is 1.88 bits per heavy atom. The number of aromatic nitrogens is 1. The number of carboxylic acid groups (broad SMARTS) is 1. The summed E-state index contributed by atoms with van der Waals surface area (Å²) in [4.78, 5) is 29.9. The molecule has 1 aliphatic heterocycles. The first-order valence-corrected chi connectivity index (χ1v) is 11.4. The van der Waals surface area contributed by atoms with Gasteiger partial charge in [-0.15, -0.1) is 0 Å². The van der Waals surface area contributed by atoms with Gasteiger partial charge in [0.15, 0.2) is 0 Å². The number of pyridine rings is 1. The Morgan fingerprint density at radius 1 is 1.18 bits per heavy atom. The van der Waals surface area contributed by atoms with E-state index in [2.05, 4.69) is 22.4 Å². The van der Waals surface area contributed by atoms with Crippen molar-refractivity contribution in [1.29, 1.82) is 10.5 Å². The summed E-state index contributed by atoms with van der Waals surface area (Å²) in [7, 11) is 0. The summed E-state index contributed by atoms with van der Waals surface area (Å²) >= 11 is 1.11. The lowest BCUT2D eigenvalue weighted by Crippen LogP contribution is -2.36. The molecule has 0 spiro atoms. The molecular weight excluding hydrogens is 440 g/mol. The molecular formula is C23H22N6O3S. The van der Waals surface area contributed by atoms with Crippen LogP contribution in [0.3, 0.4) is 0 Å². The lowest BCUT2D eigenvalue weighted by molar-refractivity contribution is -0.117. The van der Waals surface area contributed by atoms with Gasteiger partial charge in [-0.2, -0.15) is 10.5 Å². The Kier molecular flexibility index (Phi) is 6.38. The first kappa shape index (κ1) is 22.4. The van der Waals surface area contributed by atoms with Crippen molar-refractivity contribution < 1.29 is 14.7 Å². The Hall–Kier alpha value is -3.76. The van der Waals surface area contributed by atoms with Crippen LogP contribution in [0.15, 0.2) is 35.4 Å². The SMILES string of the molecule is N#Cc1c(SC(C(N)=O)c2ccccc2)nc(N2CC[C@H](NC(=O)O)C2)c(C#N)c1C1CC1. The smallest absolute Gasteiger partial charge is 0.404 e. The van der Waals surface area contributed by atoms with Crippen LogP contribution in [0.2, 0.25) is 0 Å². The monoisotopic (exact) mass is 462 g/mol. The largest absolute Gasteiger partial charge is 0.465 e. The van der Waals surface area contributed by atoms with Crippen LogP contribution < -0.4 is 16.0 Å². The van der Waals surface area contributed by atoms with Gasteiger partial charge in [-0.05, 0) is 36.3 Å². The van der Waals surface area contributed by atoms with Crippen LogP contribution in [0.4, 0.5) is 10.6 Å². The van der Waals surface area contributed by atoms with Gasteiger partial charge in [0.2, 0.25) is 5.91 Å². The number of nitrogens with one attached hydrogen (secondary N) is 1. The Morgan fingerprint density at radius 3 is 2.45 bits per heavy atom. The van der Waals surface area contributed by atoms with Crippen LogP contribution in [0, 0.1) is 22.7 Å². The average molecular weight is 463 g/mol. The molecule has 2 aromatic rings. The topological polar surface area (TPSA) is 156 Å². The van der Waals surface area contributed by atoms with Crippen LogP contribution in [0.5, 0.6) is 0 Å². The first-order chi connectivity index (χ1) is 15.9. The minimum absolute atomic E-state index is 0.0923. The summed E-state index contributed by atoms with van der Waals surface area (Å²) in [6.07, 6.45) is 1.22. The minimum Gasteiger partial charge on any atom is -0.465 e. The molecule has 2 aliphatic rings. The van der Waals surface area contributed by atoms with E-state index in [0.29, 0.717) is 52.6 Å². The van der Waals surface area contributed by atoms with Crippen LogP contribution in [0.25, 0.3) is 0 Å². The molecule has 2 heterocycles. The number of thioether (sulfide) groups is 1. The van der Waals surface area contributed by atoms with Gasteiger partial charge < -0.3 is 21.1 Å². The number of anilines is 1. The summed E-state index contributed by atoms with van der Waals surface area (Å²) in [6, 6.07) is 13.2. The van der Waals surface area contributed by atoms with Gasteiger partial charge >= 0.3 is 6.09 Å². The standard InChI is InChI=1S/C23H22N6O3S/c24-10-16-18(13-6-7-13)17(11-25)22(33-19(20(26)30)14-4-2-1-3-5-14)28-21(16)29-9-8-15(12-29)27-23(31)32/h1-5,13,15,19,27H,6-9,12H2,(H2,26,30)(H,31,32)/t15-,19?/m0/s1. The van der Waals surface area contributed by atoms with Crippen molar-refractivity contribution in [1.82, 2.24) is 10.3 Å². The van der Waals surface area contributed by atoms with E-state index in [4.69, 9.17) is 10.8 Å². The van der Waals surface area contributed by atoms with Crippen LogP contribution in [-0.2, 0) is 4.79 Å². The van der Waals surface area contributed by atoms with Crippen molar-refractivity contribution >= 4 is 29.6 Å². The van der Waals surface area contributed by atoms with Crippen molar-refractivity contribution in [3.63, 3.8) is 0 Å². The van der Waals surface area contributed by atoms with Crippen molar-refractivity contribution in [2.75, 3.05) is 18.0 Å². The summed E-state index contributed by atoms with van der Waals surface area (Å²) in [5.74, 6) is -0.0377. The molecule has 4 N–H and O–H groups in total. The summed E-state index contributed by atoms with van der Waals surface area (Å²) in [5, 5.41) is 31.1. The third kappa shape index (κ3) is 4.71. The number of carbonyl (C=O) groups excluding carboxylic acids is 1. The second-order valence-corrected chi connectivity index (χ2v) is 9.19. The lowest BCUT2D eigenvalue weighted by Gasteiger charge is -2.23. The number of nitrogens with zero attached hydrogens (tertiary/aromatic N) is 4. The predicted molar refractivity (Wildman–Crippen MR) is 122 cm³/mol. The van der Waals surface area contributed by atoms with E-state index in [1.165, 1.54) is 0 Å². The number of hydrogen-bond donors (Lipinski definition) is 3. The highest BCUT2D eigenvalue weighted by Crippen LogP contribution is 2.48.